The van der Waals surface area contributed by atoms with Gasteiger partial charge in [-0.3, -0.25) is 0 Å². The molecule has 0 amide bonds. The highest BCUT2D eigenvalue weighted by Crippen LogP contribution is 2.29. The zero-order chi connectivity index (χ0) is 11.0. The van der Waals surface area contributed by atoms with Crippen LogP contribution in [0.1, 0.15) is 19.4 Å². The third-order valence-electron chi connectivity index (χ3n) is 3.30. The second kappa shape index (κ2) is 4.12. The van der Waals surface area contributed by atoms with Gasteiger partial charge >= 0.3 is 0 Å². The molecule has 1 aromatic rings. The minimum atomic E-state index is 0.773. The summed E-state index contributed by atoms with van der Waals surface area (Å²) in [5, 5.41) is 0. The van der Waals surface area contributed by atoms with Gasteiger partial charge in [-0.2, -0.15) is 0 Å². The zero-order valence-corrected chi connectivity index (χ0v) is 11.1. The monoisotopic (exact) mass is 268 g/mol. The SMILES string of the molecule is Cc1cc(Br)cnc1N1CC(C)C(C)C1. The predicted molar refractivity (Wildman–Crippen MR) is 67.2 cm³/mol. The lowest BCUT2D eigenvalue weighted by molar-refractivity contribution is 0.494. The molecule has 1 fully saturated rings. The van der Waals surface area contributed by atoms with Gasteiger partial charge in [-0.25, -0.2) is 4.98 Å². The van der Waals surface area contributed by atoms with Gasteiger partial charge in [0, 0.05) is 23.8 Å². The molecule has 0 spiro atoms. The van der Waals surface area contributed by atoms with E-state index < -0.39 is 0 Å². The van der Waals surface area contributed by atoms with Crippen LogP contribution in [0.2, 0.25) is 0 Å². The number of aryl methyl sites for hydroxylation is 1. The number of aromatic nitrogens is 1. The quantitative estimate of drug-likeness (QED) is 0.778. The normalized spacial score (nSPS) is 26.0. The van der Waals surface area contributed by atoms with E-state index in [9.17, 15) is 0 Å². The summed E-state index contributed by atoms with van der Waals surface area (Å²) in [6.07, 6.45) is 1.88. The average Bonchev–Trinajstić information content (AvgIpc) is 2.46. The molecule has 0 bridgehead atoms. The molecular weight excluding hydrogens is 252 g/mol. The van der Waals surface area contributed by atoms with Gasteiger partial charge in [0.15, 0.2) is 0 Å². The van der Waals surface area contributed by atoms with Crippen LogP contribution in [-0.2, 0) is 0 Å². The second-order valence-electron chi connectivity index (χ2n) is 4.65. The Bertz CT molecular complexity index is 355. The molecule has 0 radical (unpaired) electrons. The maximum atomic E-state index is 4.51. The summed E-state index contributed by atoms with van der Waals surface area (Å²) in [6, 6.07) is 2.13. The van der Waals surface area contributed by atoms with Crippen LogP contribution < -0.4 is 4.90 Å². The molecule has 0 aliphatic carbocycles. The van der Waals surface area contributed by atoms with Gasteiger partial charge in [-0.05, 0) is 46.3 Å². The van der Waals surface area contributed by atoms with Crippen LogP contribution in [0.3, 0.4) is 0 Å². The van der Waals surface area contributed by atoms with Crippen molar-refractivity contribution in [2.75, 3.05) is 18.0 Å². The van der Waals surface area contributed by atoms with Crippen molar-refractivity contribution in [2.45, 2.75) is 20.8 Å². The highest BCUT2D eigenvalue weighted by molar-refractivity contribution is 9.10. The van der Waals surface area contributed by atoms with E-state index in [0.717, 1.165) is 35.2 Å². The van der Waals surface area contributed by atoms with E-state index in [2.05, 4.69) is 52.7 Å². The van der Waals surface area contributed by atoms with Crippen LogP contribution in [0.25, 0.3) is 0 Å². The highest BCUT2D eigenvalue weighted by atomic mass is 79.9. The molecule has 2 rings (SSSR count). The van der Waals surface area contributed by atoms with Gasteiger partial charge in [0.1, 0.15) is 5.82 Å². The molecule has 0 N–H and O–H groups in total. The minimum Gasteiger partial charge on any atom is -0.356 e. The number of nitrogens with zero attached hydrogens (tertiary/aromatic N) is 2. The Hall–Kier alpha value is -0.570. The molecule has 1 aliphatic rings. The number of rotatable bonds is 1. The number of anilines is 1. The van der Waals surface area contributed by atoms with E-state index in [1.807, 2.05) is 6.20 Å². The first-order chi connectivity index (χ1) is 7.08. The molecule has 2 nitrogen and oxygen atoms in total. The summed E-state index contributed by atoms with van der Waals surface area (Å²) in [6.45, 7) is 9.03. The molecule has 1 aliphatic heterocycles. The first-order valence-corrected chi connectivity index (χ1v) is 6.24. The molecule has 2 heterocycles. The van der Waals surface area contributed by atoms with Crippen molar-refractivity contribution in [2.24, 2.45) is 11.8 Å². The Kier molecular flexibility index (Phi) is 3.01. The molecular formula is C12H17BrN2. The third-order valence-corrected chi connectivity index (χ3v) is 3.74. The number of hydrogen-bond acceptors (Lipinski definition) is 2. The van der Waals surface area contributed by atoms with Crippen molar-refractivity contribution in [1.82, 2.24) is 4.98 Å². The lowest BCUT2D eigenvalue weighted by atomic mass is 10.0. The van der Waals surface area contributed by atoms with E-state index in [-0.39, 0.29) is 0 Å². The van der Waals surface area contributed by atoms with Crippen molar-refractivity contribution in [1.29, 1.82) is 0 Å². The summed E-state index contributed by atoms with van der Waals surface area (Å²) in [4.78, 5) is 6.91. The standard InChI is InChI=1S/C12H17BrN2/c1-8-4-11(13)5-14-12(8)15-6-9(2)10(3)7-15/h4-5,9-10H,6-7H2,1-3H3. The summed E-state index contributed by atoms with van der Waals surface area (Å²) >= 11 is 3.45. The third kappa shape index (κ3) is 2.17. The smallest absolute Gasteiger partial charge is 0.131 e. The van der Waals surface area contributed by atoms with E-state index in [4.69, 9.17) is 0 Å². The molecule has 2 atom stereocenters. The van der Waals surface area contributed by atoms with Crippen molar-refractivity contribution >= 4 is 21.7 Å². The highest BCUT2D eigenvalue weighted by Gasteiger charge is 2.27. The van der Waals surface area contributed by atoms with Crippen molar-refractivity contribution in [3.8, 4) is 0 Å². The largest absolute Gasteiger partial charge is 0.356 e. The lowest BCUT2D eigenvalue weighted by Gasteiger charge is -2.19. The Balaban J connectivity index is 2.24. The number of pyridine rings is 1. The Morgan fingerprint density at radius 2 is 1.93 bits per heavy atom. The van der Waals surface area contributed by atoms with Crippen LogP contribution in [-0.4, -0.2) is 18.1 Å². The van der Waals surface area contributed by atoms with E-state index in [1.165, 1.54) is 5.56 Å². The maximum Gasteiger partial charge on any atom is 0.131 e. The predicted octanol–water partition coefficient (Wildman–Crippen LogP) is 3.24. The molecule has 1 aromatic heterocycles. The summed E-state index contributed by atoms with van der Waals surface area (Å²) in [5.41, 5.74) is 1.26. The topological polar surface area (TPSA) is 16.1 Å². The molecule has 82 valence electrons. The number of hydrogen-bond donors (Lipinski definition) is 0. The van der Waals surface area contributed by atoms with Crippen molar-refractivity contribution < 1.29 is 0 Å². The van der Waals surface area contributed by atoms with Gasteiger partial charge in [-0.15, -0.1) is 0 Å². The Morgan fingerprint density at radius 3 is 2.47 bits per heavy atom. The van der Waals surface area contributed by atoms with Crippen LogP contribution in [0.5, 0.6) is 0 Å². The molecule has 2 unspecified atom stereocenters. The van der Waals surface area contributed by atoms with Gasteiger partial charge in [-0.1, -0.05) is 13.8 Å². The van der Waals surface area contributed by atoms with Crippen molar-refractivity contribution in [3.05, 3.63) is 22.3 Å². The van der Waals surface area contributed by atoms with Gasteiger partial charge in [0.05, 0.1) is 0 Å². The molecule has 15 heavy (non-hydrogen) atoms. The Labute approximate surface area is 99.8 Å². The Morgan fingerprint density at radius 1 is 1.33 bits per heavy atom. The van der Waals surface area contributed by atoms with Crippen LogP contribution in [0, 0.1) is 18.8 Å². The summed E-state index contributed by atoms with van der Waals surface area (Å²) in [5.74, 6) is 2.69. The lowest BCUT2D eigenvalue weighted by Crippen LogP contribution is -2.21. The molecule has 0 saturated carbocycles. The van der Waals surface area contributed by atoms with E-state index in [1.54, 1.807) is 0 Å². The van der Waals surface area contributed by atoms with Gasteiger partial charge < -0.3 is 4.90 Å². The average molecular weight is 269 g/mol. The molecule has 0 aromatic carbocycles. The van der Waals surface area contributed by atoms with Crippen LogP contribution in [0.15, 0.2) is 16.7 Å². The molecule has 1 saturated heterocycles. The van der Waals surface area contributed by atoms with Crippen LogP contribution in [0.4, 0.5) is 5.82 Å². The minimum absolute atomic E-state index is 0.773. The van der Waals surface area contributed by atoms with Gasteiger partial charge in [0.2, 0.25) is 0 Å². The first kappa shape index (κ1) is 10.9. The number of halogens is 1. The van der Waals surface area contributed by atoms with E-state index >= 15 is 0 Å². The van der Waals surface area contributed by atoms with Crippen LogP contribution >= 0.6 is 15.9 Å². The van der Waals surface area contributed by atoms with Gasteiger partial charge in [0.25, 0.3) is 0 Å². The fourth-order valence-electron chi connectivity index (χ4n) is 2.17. The van der Waals surface area contributed by atoms with E-state index in [0.29, 0.717) is 0 Å². The zero-order valence-electron chi connectivity index (χ0n) is 9.50. The molecule has 3 heteroatoms. The first-order valence-electron chi connectivity index (χ1n) is 5.45. The maximum absolute atomic E-state index is 4.51. The fraction of sp³-hybridized carbons (Fsp3) is 0.583. The fourth-order valence-corrected chi connectivity index (χ4v) is 2.61. The summed E-state index contributed by atoms with van der Waals surface area (Å²) in [7, 11) is 0. The second-order valence-corrected chi connectivity index (χ2v) is 5.57. The summed E-state index contributed by atoms with van der Waals surface area (Å²) < 4.78 is 1.06. The van der Waals surface area contributed by atoms with Crippen molar-refractivity contribution in [3.63, 3.8) is 0 Å².